The number of hydrogen-bond donors (Lipinski definition) is 3. The van der Waals surface area contributed by atoms with E-state index in [0.29, 0.717) is 6.54 Å². The van der Waals surface area contributed by atoms with Gasteiger partial charge in [-0.05, 0) is 6.42 Å². The van der Waals surface area contributed by atoms with Gasteiger partial charge >= 0.3 is 5.97 Å². The summed E-state index contributed by atoms with van der Waals surface area (Å²) in [5.41, 5.74) is 0. The molecule has 2 unspecified atom stereocenters. The van der Waals surface area contributed by atoms with Gasteiger partial charge in [0.25, 0.3) is 0 Å². The van der Waals surface area contributed by atoms with Gasteiger partial charge < -0.3 is 15.7 Å². The summed E-state index contributed by atoms with van der Waals surface area (Å²) in [5, 5.41) is 14.1. The van der Waals surface area contributed by atoms with Crippen LogP contribution in [-0.2, 0) is 19.4 Å². The van der Waals surface area contributed by atoms with Gasteiger partial charge in [0.05, 0.1) is 11.5 Å². The number of aliphatic carboxylic acids is 1. The molecular formula is C11H18N2O5S. The van der Waals surface area contributed by atoms with Crippen LogP contribution in [0.3, 0.4) is 0 Å². The van der Waals surface area contributed by atoms with E-state index in [0.717, 1.165) is 0 Å². The Bertz CT molecular complexity index is 460. The first-order valence-corrected chi connectivity index (χ1v) is 7.73. The number of carbonyl (C=O) groups is 2. The Kier molecular flexibility index (Phi) is 5.49. The Morgan fingerprint density at radius 1 is 1.53 bits per heavy atom. The predicted octanol–water partition coefficient (Wildman–Crippen LogP) is -1.09. The highest BCUT2D eigenvalue weighted by atomic mass is 32.2. The fraction of sp³-hybridized carbons (Fsp3) is 0.636. The summed E-state index contributed by atoms with van der Waals surface area (Å²) in [6.07, 6.45) is 1.47. The summed E-state index contributed by atoms with van der Waals surface area (Å²) in [6, 6.07) is -1.48. The first kappa shape index (κ1) is 15.6. The van der Waals surface area contributed by atoms with Crippen LogP contribution < -0.4 is 10.6 Å². The average Bonchev–Trinajstić information content (AvgIpc) is 2.26. The largest absolute Gasteiger partial charge is 0.480 e. The quantitative estimate of drug-likeness (QED) is 0.536. The molecule has 19 heavy (non-hydrogen) atoms. The van der Waals surface area contributed by atoms with E-state index < -0.39 is 33.8 Å². The summed E-state index contributed by atoms with van der Waals surface area (Å²) in [7, 11) is -3.11. The monoisotopic (exact) mass is 290 g/mol. The van der Waals surface area contributed by atoms with Crippen LogP contribution in [0.4, 0.5) is 0 Å². The highest BCUT2D eigenvalue weighted by Crippen LogP contribution is 2.05. The van der Waals surface area contributed by atoms with Gasteiger partial charge in [-0.3, -0.25) is 4.79 Å². The molecular weight excluding hydrogens is 272 g/mol. The summed E-state index contributed by atoms with van der Waals surface area (Å²) in [4.78, 5) is 22.5. The van der Waals surface area contributed by atoms with Crippen LogP contribution in [0.5, 0.6) is 0 Å². The van der Waals surface area contributed by atoms with Crippen molar-refractivity contribution in [3.05, 3.63) is 12.7 Å². The van der Waals surface area contributed by atoms with Gasteiger partial charge in [0.15, 0.2) is 9.84 Å². The third-order valence-electron chi connectivity index (χ3n) is 2.77. The SMILES string of the molecule is C=CCC(NC(=O)CC1CS(=O)(=O)CCN1)C(=O)O. The van der Waals surface area contributed by atoms with E-state index in [4.69, 9.17) is 5.11 Å². The molecule has 0 aromatic carbocycles. The van der Waals surface area contributed by atoms with Gasteiger partial charge in [-0.15, -0.1) is 6.58 Å². The first-order chi connectivity index (χ1) is 8.84. The molecule has 8 heteroatoms. The van der Waals surface area contributed by atoms with Crippen LogP contribution in [0.15, 0.2) is 12.7 Å². The van der Waals surface area contributed by atoms with E-state index in [1.165, 1.54) is 6.08 Å². The number of carbonyl (C=O) groups excluding carboxylic acids is 1. The highest BCUT2D eigenvalue weighted by molar-refractivity contribution is 7.91. The Morgan fingerprint density at radius 2 is 2.21 bits per heavy atom. The number of rotatable bonds is 6. The minimum Gasteiger partial charge on any atom is -0.480 e. The number of carboxylic acid groups (broad SMARTS) is 1. The molecule has 0 saturated carbocycles. The van der Waals surface area contributed by atoms with Crippen LogP contribution in [0.2, 0.25) is 0 Å². The number of nitrogens with one attached hydrogen (secondary N) is 2. The predicted molar refractivity (Wildman–Crippen MR) is 69.4 cm³/mol. The molecule has 3 N–H and O–H groups in total. The van der Waals surface area contributed by atoms with Crippen molar-refractivity contribution < 1.29 is 23.1 Å². The van der Waals surface area contributed by atoms with Crippen molar-refractivity contribution in [1.29, 1.82) is 0 Å². The topological polar surface area (TPSA) is 113 Å². The lowest BCUT2D eigenvalue weighted by Crippen LogP contribution is -2.49. The van der Waals surface area contributed by atoms with Gasteiger partial charge in [0, 0.05) is 19.0 Å². The summed E-state index contributed by atoms with van der Waals surface area (Å²) in [6.45, 7) is 3.73. The smallest absolute Gasteiger partial charge is 0.326 e. The third-order valence-corrected chi connectivity index (χ3v) is 4.51. The van der Waals surface area contributed by atoms with Crippen LogP contribution in [0.1, 0.15) is 12.8 Å². The van der Waals surface area contributed by atoms with E-state index in [1.54, 1.807) is 0 Å². The maximum absolute atomic E-state index is 11.7. The Morgan fingerprint density at radius 3 is 2.74 bits per heavy atom. The van der Waals surface area contributed by atoms with Gasteiger partial charge in [-0.1, -0.05) is 6.08 Å². The lowest BCUT2D eigenvalue weighted by molar-refractivity contribution is -0.141. The summed E-state index contributed by atoms with van der Waals surface area (Å²) < 4.78 is 22.8. The maximum atomic E-state index is 11.7. The molecule has 1 fully saturated rings. The van der Waals surface area contributed by atoms with Crippen LogP contribution in [0.25, 0.3) is 0 Å². The molecule has 0 radical (unpaired) electrons. The second-order valence-electron chi connectivity index (χ2n) is 4.45. The van der Waals surface area contributed by atoms with Crippen molar-refractivity contribution in [3.63, 3.8) is 0 Å². The highest BCUT2D eigenvalue weighted by Gasteiger charge is 2.27. The van der Waals surface area contributed by atoms with E-state index in [-0.39, 0.29) is 24.3 Å². The van der Waals surface area contributed by atoms with Crippen molar-refractivity contribution in [1.82, 2.24) is 10.6 Å². The zero-order chi connectivity index (χ0) is 14.5. The van der Waals surface area contributed by atoms with Gasteiger partial charge in [-0.25, -0.2) is 13.2 Å². The average molecular weight is 290 g/mol. The molecule has 1 aliphatic heterocycles. The molecule has 0 aromatic heterocycles. The molecule has 0 aromatic rings. The molecule has 1 heterocycles. The molecule has 108 valence electrons. The Labute approximate surface area is 112 Å². The van der Waals surface area contributed by atoms with Gasteiger partial charge in [-0.2, -0.15) is 0 Å². The van der Waals surface area contributed by atoms with Crippen molar-refractivity contribution in [2.45, 2.75) is 24.9 Å². The molecule has 7 nitrogen and oxygen atoms in total. The number of carboxylic acids is 1. The minimum atomic E-state index is -3.11. The first-order valence-electron chi connectivity index (χ1n) is 5.91. The minimum absolute atomic E-state index is 0.0554. The maximum Gasteiger partial charge on any atom is 0.326 e. The van der Waals surface area contributed by atoms with Crippen molar-refractivity contribution in [2.75, 3.05) is 18.1 Å². The molecule has 0 spiro atoms. The molecule has 0 bridgehead atoms. The normalized spacial score (nSPS) is 23.3. The van der Waals surface area contributed by atoms with Crippen LogP contribution in [0, 0.1) is 0 Å². The van der Waals surface area contributed by atoms with Crippen molar-refractivity contribution in [2.24, 2.45) is 0 Å². The van der Waals surface area contributed by atoms with Crippen LogP contribution >= 0.6 is 0 Å². The van der Waals surface area contributed by atoms with E-state index in [9.17, 15) is 18.0 Å². The molecule has 0 aliphatic carbocycles. The van der Waals surface area contributed by atoms with E-state index in [2.05, 4.69) is 17.2 Å². The lowest BCUT2D eigenvalue weighted by Gasteiger charge is -2.23. The fourth-order valence-corrected chi connectivity index (χ4v) is 3.31. The zero-order valence-electron chi connectivity index (χ0n) is 10.5. The Balaban J connectivity index is 2.50. The molecule has 1 amide bonds. The summed E-state index contributed by atoms with van der Waals surface area (Å²) in [5.74, 6) is -1.65. The standard InChI is InChI=1S/C11H18N2O5S/c1-2-3-9(11(15)16)13-10(14)6-8-7-19(17,18)5-4-12-8/h2,8-9,12H,1,3-7H2,(H,13,14)(H,15,16). The van der Waals surface area contributed by atoms with Crippen LogP contribution in [-0.4, -0.2) is 55.5 Å². The molecule has 1 saturated heterocycles. The van der Waals surface area contributed by atoms with Crippen molar-refractivity contribution in [3.8, 4) is 0 Å². The van der Waals surface area contributed by atoms with E-state index in [1.807, 2.05) is 0 Å². The van der Waals surface area contributed by atoms with Gasteiger partial charge in [0.1, 0.15) is 6.04 Å². The number of sulfone groups is 1. The van der Waals surface area contributed by atoms with Crippen molar-refractivity contribution >= 4 is 21.7 Å². The number of hydrogen-bond acceptors (Lipinski definition) is 5. The second-order valence-corrected chi connectivity index (χ2v) is 6.68. The molecule has 1 aliphatic rings. The fourth-order valence-electron chi connectivity index (χ4n) is 1.86. The molecule has 2 atom stereocenters. The van der Waals surface area contributed by atoms with Gasteiger partial charge in [0.2, 0.25) is 5.91 Å². The lowest BCUT2D eigenvalue weighted by atomic mass is 10.1. The molecule has 1 rings (SSSR count). The van der Waals surface area contributed by atoms with E-state index >= 15 is 0 Å². The second kappa shape index (κ2) is 6.67. The zero-order valence-corrected chi connectivity index (χ0v) is 11.3. The summed E-state index contributed by atoms with van der Waals surface area (Å²) >= 11 is 0. The third kappa shape index (κ3) is 5.39. The number of amides is 1. The Hall–Kier alpha value is -1.41.